The molecule has 0 saturated carbocycles. The lowest BCUT2D eigenvalue weighted by atomic mass is 9.98. The predicted molar refractivity (Wildman–Crippen MR) is 81.4 cm³/mol. The smallest absolute Gasteiger partial charge is 0.134 e. The maximum absolute atomic E-state index is 13.9. The van der Waals surface area contributed by atoms with Crippen molar-refractivity contribution in [1.82, 2.24) is 5.43 Å². The zero-order valence-electron chi connectivity index (χ0n) is 11.1. The minimum atomic E-state index is -0.337. The van der Waals surface area contributed by atoms with E-state index in [1.807, 2.05) is 24.3 Å². The number of nitrogens with two attached hydrogens (primary N) is 1. The van der Waals surface area contributed by atoms with Crippen LogP contribution in [0.1, 0.15) is 17.2 Å². The Bertz CT molecular complexity index is 772. The lowest BCUT2D eigenvalue weighted by Crippen LogP contribution is -2.29. The Morgan fingerprint density at radius 2 is 2.05 bits per heavy atom. The molecule has 0 aliphatic carbocycles. The van der Waals surface area contributed by atoms with Gasteiger partial charge in [0, 0.05) is 16.0 Å². The van der Waals surface area contributed by atoms with Gasteiger partial charge in [0.2, 0.25) is 0 Å². The number of benzene rings is 2. The quantitative estimate of drug-likeness (QED) is 0.566. The standard InChI is InChI=1S/C16H14ClFN2O/c17-11-6-5-10(14(18)8-11)7-15(20-19)13-9-21-16-4-2-1-3-12(13)16/h1-6,8-9,15,20H,7,19H2. The van der Waals surface area contributed by atoms with E-state index in [9.17, 15) is 4.39 Å². The highest BCUT2D eigenvalue weighted by molar-refractivity contribution is 6.30. The summed E-state index contributed by atoms with van der Waals surface area (Å²) in [6, 6.07) is 12.1. The van der Waals surface area contributed by atoms with Crippen molar-refractivity contribution in [3.8, 4) is 0 Å². The first-order valence-electron chi connectivity index (χ1n) is 6.55. The van der Waals surface area contributed by atoms with Crippen molar-refractivity contribution in [2.24, 2.45) is 5.84 Å². The van der Waals surface area contributed by atoms with Crippen molar-refractivity contribution >= 4 is 22.6 Å². The van der Waals surface area contributed by atoms with Crippen LogP contribution in [0.25, 0.3) is 11.0 Å². The number of rotatable bonds is 4. The first-order valence-corrected chi connectivity index (χ1v) is 6.93. The molecule has 5 heteroatoms. The maximum atomic E-state index is 13.9. The number of halogens is 2. The SMILES string of the molecule is NNC(Cc1ccc(Cl)cc1F)c1coc2ccccc12. The molecule has 0 amide bonds. The predicted octanol–water partition coefficient (Wildman–Crippen LogP) is 3.97. The van der Waals surface area contributed by atoms with Crippen LogP contribution in [0, 0.1) is 5.82 Å². The molecule has 3 nitrogen and oxygen atoms in total. The number of fused-ring (bicyclic) bond motifs is 1. The highest BCUT2D eigenvalue weighted by atomic mass is 35.5. The fourth-order valence-corrected chi connectivity index (χ4v) is 2.59. The third kappa shape index (κ3) is 2.78. The Balaban J connectivity index is 1.95. The summed E-state index contributed by atoms with van der Waals surface area (Å²) in [6.07, 6.45) is 2.06. The third-order valence-electron chi connectivity index (χ3n) is 3.53. The molecule has 0 aliphatic heterocycles. The molecule has 0 fully saturated rings. The van der Waals surface area contributed by atoms with Gasteiger partial charge in [-0.15, -0.1) is 0 Å². The molecule has 1 heterocycles. The van der Waals surface area contributed by atoms with E-state index >= 15 is 0 Å². The second-order valence-electron chi connectivity index (χ2n) is 4.85. The summed E-state index contributed by atoms with van der Waals surface area (Å²) in [5, 5.41) is 1.34. The normalized spacial score (nSPS) is 12.7. The Kier molecular flexibility index (Phi) is 3.92. The Hall–Kier alpha value is -1.88. The molecule has 2 aromatic carbocycles. The fourth-order valence-electron chi connectivity index (χ4n) is 2.43. The van der Waals surface area contributed by atoms with Crippen LogP contribution in [0.15, 0.2) is 53.1 Å². The van der Waals surface area contributed by atoms with Crippen LogP contribution < -0.4 is 11.3 Å². The van der Waals surface area contributed by atoms with Crippen LogP contribution in [0.4, 0.5) is 4.39 Å². The zero-order chi connectivity index (χ0) is 14.8. The third-order valence-corrected chi connectivity index (χ3v) is 3.76. The van der Waals surface area contributed by atoms with Gasteiger partial charge in [0.25, 0.3) is 0 Å². The molecule has 3 N–H and O–H groups in total. The van der Waals surface area contributed by atoms with Crippen molar-refractivity contribution in [3.05, 3.63) is 70.7 Å². The Morgan fingerprint density at radius 3 is 2.81 bits per heavy atom. The van der Waals surface area contributed by atoms with E-state index in [2.05, 4.69) is 5.43 Å². The Labute approximate surface area is 126 Å². The second-order valence-corrected chi connectivity index (χ2v) is 5.28. The van der Waals surface area contributed by atoms with Gasteiger partial charge in [0.1, 0.15) is 11.4 Å². The second kappa shape index (κ2) is 5.85. The topological polar surface area (TPSA) is 51.2 Å². The largest absolute Gasteiger partial charge is 0.464 e. The molecule has 0 radical (unpaired) electrons. The first-order chi connectivity index (χ1) is 10.2. The monoisotopic (exact) mass is 304 g/mol. The molecule has 0 aliphatic rings. The molecular weight excluding hydrogens is 291 g/mol. The average Bonchev–Trinajstić information content (AvgIpc) is 2.91. The molecule has 3 rings (SSSR count). The summed E-state index contributed by atoms with van der Waals surface area (Å²) in [6.45, 7) is 0. The van der Waals surface area contributed by atoms with E-state index in [1.54, 1.807) is 18.4 Å². The summed E-state index contributed by atoms with van der Waals surface area (Å²) in [5.41, 5.74) is 4.96. The van der Waals surface area contributed by atoms with E-state index < -0.39 is 0 Å². The number of nitrogens with one attached hydrogen (secondary N) is 1. The minimum Gasteiger partial charge on any atom is -0.464 e. The van der Waals surface area contributed by atoms with Crippen LogP contribution in [-0.2, 0) is 6.42 Å². The molecule has 108 valence electrons. The van der Waals surface area contributed by atoms with Crippen LogP contribution in [0.3, 0.4) is 0 Å². The Morgan fingerprint density at radius 1 is 1.24 bits per heavy atom. The van der Waals surface area contributed by atoms with Crippen LogP contribution in [0.2, 0.25) is 5.02 Å². The van der Waals surface area contributed by atoms with E-state index in [1.165, 1.54) is 6.07 Å². The van der Waals surface area contributed by atoms with Crippen molar-refractivity contribution in [2.75, 3.05) is 0 Å². The van der Waals surface area contributed by atoms with Crippen LogP contribution in [-0.4, -0.2) is 0 Å². The van der Waals surface area contributed by atoms with Crippen molar-refractivity contribution in [2.45, 2.75) is 12.5 Å². The van der Waals surface area contributed by atoms with Gasteiger partial charge in [0.15, 0.2) is 0 Å². The number of hydrogen-bond donors (Lipinski definition) is 2. The van der Waals surface area contributed by atoms with Gasteiger partial charge < -0.3 is 4.42 Å². The van der Waals surface area contributed by atoms with Gasteiger partial charge in [-0.3, -0.25) is 11.3 Å². The van der Waals surface area contributed by atoms with Crippen molar-refractivity contribution < 1.29 is 8.81 Å². The zero-order valence-corrected chi connectivity index (χ0v) is 11.9. The van der Waals surface area contributed by atoms with Gasteiger partial charge in [-0.05, 0) is 30.2 Å². The van der Waals surface area contributed by atoms with E-state index in [4.69, 9.17) is 21.9 Å². The van der Waals surface area contributed by atoms with E-state index in [0.717, 1.165) is 16.5 Å². The maximum Gasteiger partial charge on any atom is 0.134 e. The van der Waals surface area contributed by atoms with Gasteiger partial charge >= 0.3 is 0 Å². The van der Waals surface area contributed by atoms with Gasteiger partial charge in [-0.1, -0.05) is 35.9 Å². The lowest BCUT2D eigenvalue weighted by Gasteiger charge is -2.15. The summed E-state index contributed by atoms with van der Waals surface area (Å²) >= 11 is 5.77. The number of hydrogen-bond acceptors (Lipinski definition) is 3. The molecule has 0 bridgehead atoms. The number of furan rings is 1. The molecule has 1 unspecified atom stereocenters. The first kappa shape index (κ1) is 14.1. The lowest BCUT2D eigenvalue weighted by molar-refractivity contribution is 0.520. The summed E-state index contributed by atoms with van der Waals surface area (Å²) in [5.74, 6) is 5.31. The van der Waals surface area contributed by atoms with Crippen molar-refractivity contribution in [3.63, 3.8) is 0 Å². The summed E-state index contributed by atoms with van der Waals surface area (Å²) in [7, 11) is 0. The van der Waals surface area contributed by atoms with Crippen molar-refractivity contribution in [1.29, 1.82) is 0 Å². The average molecular weight is 305 g/mol. The van der Waals surface area contributed by atoms with Gasteiger partial charge in [-0.2, -0.15) is 0 Å². The van der Waals surface area contributed by atoms with Gasteiger partial charge in [0.05, 0.1) is 12.3 Å². The molecule has 21 heavy (non-hydrogen) atoms. The molecule has 1 aromatic heterocycles. The van der Waals surface area contributed by atoms with E-state index in [-0.39, 0.29) is 11.9 Å². The highest BCUT2D eigenvalue weighted by Gasteiger charge is 2.18. The van der Waals surface area contributed by atoms with Gasteiger partial charge in [-0.25, -0.2) is 4.39 Å². The highest BCUT2D eigenvalue weighted by Crippen LogP contribution is 2.29. The van der Waals surface area contributed by atoms with Crippen LogP contribution in [0.5, 0.6) is 0 Å². The summed E-state index contributed by atoms with van der Waals surface area (Å²) in [4.78, 5) is 0. The summed E-state index contributed by atoms with van der Waals surface area (Å²) < 4.78 is 19.4. The number of para-hydroxylation sites is 1. The van der Waals surface area contributed by atoms with E-state index in [0.29, 0.717) is 17.0 Å². The fraction of sp³-hybridized carbons (Fsp3) is 0.125. The molecule has 1 atom stereocenters. The molecule has 0 spiro atoms. The number of hydrazine groups is 1. The minimum absolute atomic E-state index is 0.246. The molecular formula is C16H14ClFN2O. The molecule has 0 saturated heterocycles. The van der Waals surface area contributed by atoms with Crippen LogP contribution >= 0.6 is 11.6 Å². The molecule has 3 aromatic rings.